The smallest absolute Gasteiger partial charge is 0.324 e. The first kappa shape index (κ1) is 21.0. The van der Waals surface area contributed by atoms with Crippen molar-refractivity contribution in [3.05, 3.63) is 42.5 Å². The standard InChI is InChI=1S/C6H3N3O7.C5H10O2S/c10-6-4(8(13)14)1-3(7(11)12)2-5(6)9(15)16;1-8(2)4-3-5(6)7/h1-2,10H;3-4H2,1-2H3. The lowest BCUT2D eigenvalue weighted by Gasteiger charge is -1.97. The number of hydrogen-bond acceptors (Lipinski definition) is 9. The first-order valence-corrected chi connectivity index (χ1v) is 8.22. The number of nitro groups is 3. The van der Waals surface area contributed by atoms with Crippen LogP contribution in [0.3, 0.4) is 0 Å². The highest BCUT2D eigenvalue weighted by Gasteiger charge is 2.30. The lowest BCUT2D eigenvalue weighted by atomic mass is 10.2. The third-order valence-corrected chi connectivity index (χ3v) is 3.39. The molecule has 0 saturated heterocycles. The van der Waals surface area contributed by atoms with Gasteiger partial charge in [0.2, 0.25) is 0 Å². The quantitative estimate of drug-likeness (QED) is 0.415. The summed E-state index contributed by atoms with van der Waals surface area (Å²) in [4.78, 5) is 37.6. The van der Waals surface area contributed by atoms with E-state index in [1.165, 1.54) is 0 Å². The van der Waals surface area contributed by atoms with Crippen LogP contribution in [0.25, 0.3) is 0 Å². The molecule has 0 aliphatic rings. The molecule has 0 aromatic heterocycles. The monoisotopic (exact) mass is 363 g/mol. The molecular formula is C11H13N3O9S. The van der Waals surface area contributed by atoms with Crippen molar-refractivity contribution in [3.8, 4) is 5.75 Å². The van der Waals surface area contributed by atoms with Gasteiger partial charge in [0.25, 0.3) is 11.4 Å². The Morgan fingerprint density at radius 2 is 1.46 bits per heavy atom. The number of carboxylic acid groups (broad SMARTS) is 1. The molecular weight excluding hydrogens is 350 g/mol. The molecule has 12 nitrogen and oxygen atoms in total. The minimum atomic E-state index is -1.21. The SMILES string of the molecule is C[S+](C)CCC(=O)[O-].O=[N+]([O-])c1cc([N+](=O)[O-])c(O)c([N+](=O)[O-])c1. The van der Waals surface area contributed by atoms with Crippen molar-refractivity contribution in [1.29, 1.82) is 0 Å². The summed E-state index contributed by atoms with van der Waals surface area (Å²) in [7, 11) is 0.243. The minimum absolute atomic E-state index is 0.204. The molecule has 0 spiro atoms. The van der Waals surface area contributed by atoms with E-state index < -0.39 is 43.6 Å². The van der Waals surface area contributed by atoms with E-state index in [1.807, 2.05) is 12.5 Å². The van der Waals surface area contributed by atoms with Crippen LogP contribution in [0.2, 0.25) is 0 Å². The number of carbonyl (C=O) groups excluding carboxylic acids is 1. The van der Waals surface area contributed by atoms with E-state index in [2.05, 4.69) is 0 Å². The van der Waals surface area contributed by atoms with E-state index >= 15 is 0 Å². The fraction of sp³-hybridized carbons (Fsp3) is 0.364. The molecule has 0 unspecified atom stereocenters. The van der Waals surface area contributed by atoms with Gasteiger partial charge in [0, 0.05) is 12.4 Å². The third kappa shape index (κ3) is 6.87. The molecule has 0 saturated carbocycles. The highest BCUT2D eigenvalue weighted by molar-refractivity contribution is 7.95. The number of aromatic hydroxyl groups is 1. The second-order valence-electron chi connectivity index (χ2n) is 4.42. The predicted molar refractivity (Wildman–Crippen MR) is 81.8 cm³/mol. The normalized spacial score (nSPS) is 9.79. The predicted octanol–water partition coefficient (Wildman–Crippen LogP) is 0.121. The van der Waals surface area contributed by atoms with Gasteiger partial charge >= 0.3 is 11.4 Å². The Balaban J connectivity index is 0.000000561. The Morgan fingerprint density at radius 3 is 1.67 bits per heavy atom. The summed E-state index contributed by atoms with van der Waals surface area (Å²) in [5, 5.41) is 50.0. The van der Waals surface area contributed by atoms with Gasteiger partial charge in [-0.05, 0) is 10.9 Å². The van der Waals surface area contributed by atoms with E-state index in [9.17, 15) is 40.2 Å². The van der Waals surface area contributed by atoms with Crippen molar-refractivity contribution in [2.45, 2.75) is 6.42 Å². The Bertz CT molecular complexity index is 627. The maximum absolute atomic E-state index is 10.4. The zero-order valence-corrected chi connectivity index (χ0v) is 13.3. The summed E-state index contributed by atoms with van der Waals surface area (Å²) in [6, 6.07) is 0.894. The molecule has 0 radical (unpaired) electrons. The number of carboxylic acids is 1. The Labute approximate surface area is 137 Å². The first-order valence-electron chi connectivity index (χ1n) is 6.01. The Hall–Kier alpha value is -2.96. The van der Waals surface area contributed by atoms with Crippen molar-refractivity contribution in [1.82, 2.24) is 0 Å². The number of nitro benzene ring substituents is 3. The van der Waals surface area contributed by atoms with Gasteiger partial charge in [-0.1, -0.05) is 0 Å². The number of rotatable bonds is 6. The van der Waals surface area contributed by atoms with Gasteiger partial charge in [0.15, 0.2) is 0 Å². The maximum Gasteiger partial charge on any atom is 0.324 e. The first-order chi connectivity index (χ1) is 11.0. The molecule has 1 aromatic rings. The summed E-state index contributed by atoms with van der Waals surface area (Å²) < 4.78 is 0. The maximum atomic E-state index is 10.4. The lowest BCUT2D eigenvalue weighted by Crippen LogP contribution is -2.24. The van der Waals surface area contributed by atoms with Crippen LogP contribution in [0.1, 0.15) is 6.42 Å². The topological polar surface area (TPSA) is 190 Å². The minimum Gasteiger partial charge on any atom is -0.550 e. The molecule has 1 rings (SSSR count). The number of nitrogens with zero attached hydrogens (tertiary/aromatic N) is 3. The molecule has 0 aliphatic heterocycles. The number of hydrogen-bond donors (Lipinski definition) is 1. The van der Waals surface area contributed by atoms with E-state index in [4.69, 9.17) is 5.11 Å². The van der Waals surface area contributed by atoms with Crippen LogP contribution >= 0.6 is 0 Å². The number of phenolic OH excluding ortho intramolecular Hbond substituents is 1. The van der Waals surface area contributed by atoms with Crippen LogP contribution in [0.4, 0.5) is 17.1 Å². The fourth-order valence-corrected chi connectivity index (χ4v) is 1.84. The van der Waals surface area contributed by atoms with Crippen molar-refractivity contribution in [2.75, 3.05) is 18.3 Å². The second-order valence-corrected chi connectivity index (χ2v) is 6.80. The summed E-state index contributed by atoms with van der Waals surface area (Å²) in [5.74, 6) is -1.39. The molecule has 0 heterocycles. The van der Waals surface area contributed by atoms with Crippen molar-refractivity contribution in [2.24, 2.45) is 0 Å². The van der Waals surface area contributed by atoms with Gasteiger partial charge in [-0.15, -0.1) is 0 Å². The van der Waals surface area contributed by atoms with E-state index in [0.717, 1.165) is 5.75 Å². The highest BCUT2D eigenvalue weighted by Crippen LogP contribution is 2.38. The summed E-state index contributed by atoms with van der Waals surface area (Å²) in [6.07, 6.45) is 4.24. The molecule has 132 valence electrons. The van der Waals surface area contributed by atoms with Crippen LogP contribution in [0, 0.1) is 30.3 Å². The van der Waals surface area contributed by atoms with Crippen LogP contribution < -0.4 is 5.11 Å². The Morgan fingerprint density at radius 1 is 1.04 bits per heavy atom. The average Bonchev–Trinajstić information content (AvgIpc) is 2.45. The van der Waals surface area contributed by atoms with Gasteiger partial charge in [-0.25, -0.2) is 0 Å². The third-order valence-electron chi connectivity index (χ3n) is 2.37. The number of benzene rings is 1. The summed E-state index contributed by atoms with van der Waals surface area (Å²) in [6.45, 7) is 0. The fourth-order valence-electron chi connectivity index (χ4n) is 1.26. The lowest BCUT2D eigenvalue weighted by molar-refractivity contribution is -0.404. The van der Waals surface area contributed by atoms with Crippen molar-refractivity contribution < 1.29 is 29.8 Å². The van der Waals surface area contributed by atoms with E-state index in [-0.39, 0.29) is 17.3 Å². The molecule has 0 aliphatic carbocycles. The molecule has 13 heteroatoms. The van der Waals surface area contributed by atoms with Crippen LogP contribution in [0.5, 0.6) is 5.75 Å². The van der Waals surface area contributed by atoms with Gasteiger partial charge in [0.1, 0.15) is 5.75 Å². The Kier molecular flexibility index (Phi) is 8.10. The largest absolute Gasteiger partial charge is 0.550 e. The van der Waals surface area contributed by atoms with Crippen LogP contribution in [-0.4, -0.2) is 44.1 Å². The van der Waals surface area contributed by atoms with Crippen molar-refractivity contribution in [3.63, 3.8) is 0 Å². The number of non-ortho nitro benzene ring substituents is 1. The van der Waals surface area contributed by atoms with Gasteiger partial charge in [0.05, 0.1) is 39.4 Å². The molecule has 24 heavy (non-hydrogen) atoms. The molecule has 0 fully saturated rings. The number of phenols is 1. The average molecular weight is 363 g/mol. The van der Waals surface area contributed by atoms with Crippen LogP contribution in [0.15, 0.2) is 12.1 Å². The molecule has 1 aromatic carbocycles. The van der Waals surface area contributed by atoms with Crippen molar-refractivity contribution >= 4 is 33.9 Å². The number of aliphatic carboxylic acids is 1. The zero-order chi connectivity index (χ0) is 19.0. The van der Waals surface area contributed by atoms with E-state index in [1.54, 1.807) is 0 Å². The molecule has 1 N–H and O–H groups in total. The summed E-state index contributed by atoms with van der Waals surface area (Å²) >= 11 is 0. The van der Waals surface area contributed by atoms with Gasteiger partial charge < -0.3 is 15.0 Å². The van der Waals surface area contributed by atoms with Gasteiger partial charge in [-0.3, -0.25) is 30.3 Å². The highest BCUT2D eigenvalue weighted by atomic mass is 32.2. The number of carbonyl (C=O) groups is 1. The zero-order valence-electron chi connectivity index (χ0n) is 12.5. The van der Waals surface area contributed by atoms with Gasteiger partial charge in [-0.2, -0.15) is 0 Å². The molecule has 0 bridgehead atoms. The molecule has 0 atom stereocenters. The van der Waals surface area contributed by atoms with E-state index in [0.29, 0.717) is 12.1 Å². The summed E-state index contributed by atoms with van der Waals surface area (Å²) in [5.41, 5.74) is -3.00. The van der Waals surface area contributed by atoms with Crippen LogP contribution in [-0.2, 0) is 15.7 Å². The second kappa shape index (κ2) is 9.24. The molecule has 0 amide bonds.